The lowest BCUT2D eigenvalue weighted by Gasteiger charge is -2.47. The summed E-state index contributed by atoms with van der Waals surface area (Å²) in [6.45, 7) is 2.71. The van der Waals surface area contributed by atoms with Crippen LogP contribution in [-0.2, 0) is 25.0 Å². The number of anilines is 1. The molecule has 4 fully saturated rings. The molecule has 3 aliphatic heterocycles. The summed E-state index contributed by atoms with van der Waals surface area (Å²) >= 11 is 0. The Morgan fingerprint density at radius 2 is 1.67 bits per heavy atom. The van der Waals surface area contributed by atoms with Crippen LogP contribution in [0.1, 0.15) is 24.8 Å². The number of morpholine rings is 1. The fraction of sp³-hybridized carbons (Fsp3) is 0.478. The van der Waals surface area contributed by atoms with Gasteiger partial charge >= 0.3 is 0 Å². The molecule has 3 aromatic rings. The van der Waals surface area contributed by atoms with Gasteiger partial charge in [0.1, 0.15) is 12.1 Å². The molecule has 2 atom stereocenters. The van der Waals surface area contributed by atoms with Crippen LogP contribution in [0.25, 0.3) is 11.0 Å². The first-order chi connectivity index (χ1) is 17.1. The highest BCUT2D eigenvalue weighted by atomic mass is 32.2. The first kappa shape index (κ1) is 23.8. The third-order valence-electron chi connectivity index (χ3n) is 7.38. The van der Waals surface area contributed by atoms with Crippen LogP contribution < -0.4 is 9.62 Å². The number of nitrogens with zero attached hydrogens (tertiary/aromatic N) is 5. The minimum absolute atomic E-state index is 0.0166. The van der Waals surface area contributed by atoms with E-state index >= 15 is 0 Å². The summed E-state index contributed by atoms with van der Waals surface area (Å²) in [6.07, 6.45) is 5.07. The fourth-order valence-electron chi connectivity index (χ4n) is 5.19. The zero-order chi connectivity index (χ0) is 25.2. The molecule has 0 amide bonds. The summed E-state index contributed by atoms with van der Waals surface area (Å²) in [4.78, 5) is 10.8. The van der Waals surface area contributed by atoms with Gasteiger partial charge in [0.25, 0.3) is 20.2 Å². The van der Waals surface area contributed by atoms with E-state index in [9.17, 15) is 16.8 Å². The van der Waals surface area contributed by atoms with Crippen molar-refractivity contribution in [2.24, 2.45) is 0 Å². The molecule has 11 nitrogen and oxygen atoms in total. The monoisotopic (exact) mass is 532 g/mol. The second-order valence-electron chi connectivity index (χ2n) is 9.85. The lowest BCUT2D eigenvalue weighted by Crippen LogP contribution is -2.62. The Morgan fingerprint density at radius 1 is 1.00 bits per heavy atom. The van der Waals surface area contributed by atoms with E-state index in [0.29, 0.717) is 42.8 Å². The van der Waals surface area contributed by atoms with Crippen LogP contribution in [0.3, 0.4) is 0 Å². The molecule has 1 N–H and O–H groups in total. The van der Waals surface area contributed by atoms with Gasteiger partial charge in [0.2, 0.25) is 0 Å². The van der Waals surface area contributed by atoms with Gasteiger partial charge in [0.05, 0.1) is 22.5 Å². The Morgan fingerprint density at radius 3 is 2.33 bits per heavy atom. The Balaban J connectivity index is 1.17. The highest BCUT2D eigenvalue weighted by molar-refractivity contribution is 7.90. The van der Waals surface area contributed by atoms with Crippen molar-refractivity contribution >= 4 is 37.1 Å². The van der Waals surface area contributed by atoms with Gasteiger partial charge in [0, 0.05) is 44.8 Å². The third-order valence-corrected chi connectivity index (χ3v) is 10.7. The summed E-state index contributed by atoms with van der Waals surface area (Å²) in [6, 6.07) is 8.29. The molecule has 0 radical (unpaired) electrons. The normalized spacial score (nSPS) is 26.4. The van der Waals surface area contributed by atoms with Crippen molar-refractivity contribution in [1.29, 1.82) is 0 Å². The van der Waals surface area contributed by atoms with E-state index in [1.807, 2.05) is 18.9 Å². The van der Waals surface area contributed by atoms with Crippen LogP contribution in [0.2, 0.25) is 0 Å². The van der Waals surface area contributed by atoms with Crippen molar-refractivity contribution in [1.82, 2.24) is 23.0 Å². The number of hydrogen-bond acceptors (Lipinski definition) is 8. The molecule has 2 aromatic heterocycles. The number of rotatable bonds is 7. The maximum absolute atomic E-state index is 13.2. The number of aryl methyl sites for hydroxylation is 1. The van der Waals surface area contributed by atoms with E-state index in [0.717, 1.165) is 12.0 Å². The molecule has 2 unspecified atom stereocenters. The molecular weight excluding hydrogens is 504 g/mol. The second-order valence-corrected chi connectivity index (χ2v) is 13.4. The van der Waals surface area contributed by atoms with Crippen LogP contribution >= 0.6 is 0 Å². The standard InChI is InChI=1S/C23H28N6O5S2/c1-15-3-5-20(6-4-15)35(30,31)29-8-7-21-22(24-14-25-23(21)29)27(2)17-9-16(10-17)26-36(32,33)28-12-18-11-19(13-28)34-18/h3-8,14,16-19,26H,9-13H2,1-2H3. The maximum Gasteiger partial charge on any atom is 0.279 e. The Hall–Kier alpha value is -2.58. The first-order valence-electron chi connectivity index (χ1n) is 11.9. The van der Waals surface area contributed by atoms with Crippen molar-refractivity contribution in [3.63, 3.8) is 0 Å². The van der Waals surface area contributed by atoms with Crippen molar-refractivity contribution in [2.45, 2.75) is 55.4 Å². The second kappa shape index (κ2) is 8.48. The smallest absolute Gasteiger partial charge is 0.279 e. The van der Waals surface area contributed by atoms with E-state index < -0.39 is 20.2 Å². The molecule has 36 heavy (non-hydrogen) atoms. The molecule has 5 heterocycles. The number of piperidine rings is 1. The number of ether oxygens (including phenoxy) is 1. The van der Waals surface area contributed by atoms with Gasteiger partial charge in [-0.3, -0.25) is 0 Å². The van der Waals surface area contributed by atoms with Crippen molar-refractivity contribution in [2.75, 3.05) is 25.0 Å². The Kier molecular flexibility index (Phi) is 5.61. The first-order valence-corrected chi connectivity index (χ1v) is 14.8. The predicted octanol–water partition coefficient (Wildman–Crippen LogP) is 1.25. The van der Waals surface area contributed by atoms with Crippen molar-refractivity contribution < 1.29 is 21.6 Å². The highest BCUT2D eigenvalue weighted by Gasteiger charge is 2.44. The zero-order valence-corrected chi connectivity index (χ0v) is 21.6. The van der Waals surface area contributed by atoms with E-state index in [1.54, 1.807) is 30.3 Å². The SMILES string of the molecule is Cc1ccc(S(=O)(=O)n2ccc3c(N(C)C4CC(NS(=O)(=O)N5CC6CC(C5)O6)C4)ncnc32)cc1. The molecule has 192 valence electrons. The molecule has 4 aliphatic rings. The molecule has 2 bridgehead atoms. The van der Waals surface area contributed by atoms with Gasteiger partial charge in [-0.15, -0.1) is 0 Å². The van der Waals surface area contributed by atoms with Crippen LogP contribution in [0.15, 0.2) is 47.8 Å². The number of nitrogens with one attached hydrogen (secondary N) is 1. The van der Waals surface area contributed by atoms with Crippen LogP contribution in [0.4, 0.5) is 5.82 Å². The summed E-state index contributed by atoms with van der Waals surface area (Å²) in [7, 11) is -5.48. The summed E-state index contributed by atoms with van der Waals surface area (Å²) in [5, 5.41) is 0.618. The highest BCUT2D eigenvalue weighted by Crippen LogP contribution is 2.34. The third kappa shape index (κ3) is 3.98. The summed E-state index contributed by atoms with van der Waals surface area (Å²) in [5.41, 5.74) is 1.27. The number of fused-ring (bicyclic) bond motifs is 3. The number of aromatic nitrogens is 3. The average molecular weight is 533 g/mol. The maximum atomic E-state index is 13.2. The van der Waals surface area contributed by atoms with E-state index in [-0.39, 0.29) is 29.2 Å². The number of hydrogen-bond donors (Lipinski definition) is 1. The number of benzene rings is 1. The lowest BCUT2D eigenvalue weighted by molar-refractivity contribution is -0.164. The van der Waals surface area contributed by atoms with Gasteiger partial charge in [-0.2, -0.15) is 17.4 Å². The van der Waals surface area contributed by atoms with E-state index in [4.69, 9.17) is 4.74 Å². The summed E-state index contributed by atoms with van der Waals surface area (Å²) < 4.78 is 63.1. The van der Waals surface area contributed by atoms with E-state index in [1.165, 1.54) is 20.8 Å². The molecule has 3 saturated heterocycles. The molecule has 0 spiro atoms. The topological polar surface area (TPSA) is 127 Å². The van der Waals surface area contributed by atoms with Gasteiger partial charge in [-0.05, 0) is 38.0 Å². The lowest BCUT2D eigenvalue weighted by atomic mass is 9.86. The molecule has 1 aromatic carbocycles. The largest absolute Gasteiger partial charge is 0.372 e. The molecule has 7 rings (SSSR count). The van der Waals surface area contributed by atoms with Gasteiger partial charge in [0.15, 0.2) is 5.65 Å². The van der Waals surface area contributed by atoms with Crippen LogP contribution in [0, 0.1) is 6.92 Å². The minimum atomic E-state index is -3.82. The van der Waals surface area contributed by atoms with Gasteiger partial charge in [-0.25, -0.2) is 22.4 Å². The molecule has 1 aliphatic carbocycles. The predicted molar refractivity (Wildman–Crippen MR) is 133 cm³/mol. The molecular formula is C23H28N6O5S2. The summed E-state index contributed by atoms with van der Waals surface area (Å²) in [5.74, 6) is 0.609. The minimum Gasteiger partial charge on any atom is -0.372 e. The van der Waals surface area contributed by atoms with Crippen molar-refractivity contribution in [3.8, 4) is 0 Å². The Bertz CT molecular complexity index is 1500. The quantitative estimate of drug-likeness (QED) is 0.482. The average Bonchev–Trinajstić information content (AvgIpc) is 3.26. The Labute approximate surface area is 210 Å². The van der Waals surface area contributed by atoms with Gasteiger partial charge < -0.3 is 9.64 Å². The molecule has 13 heteroatoms. The van der Waals surface area contributed by atoms with E-state index in [2.05, 4.69) is 14.7 Å². The van der Waals surface area contributed by atoms with Crippen molar-refractivity contribution in [3.05, 3.63) is 48.4 Å². The fourth-order valence-corrected chi connectivity index (χ4v) is 7.98. The van der Waals surface area contributed by atoms with Crippen LogP contribution in [0.5, 0.6) is 0 Å². The van der Waals surface area contributed by atoms with Gasteiger partial charge in [-0.1, -0.05) is 17.7 Å². The molecule has 1 saturated carbocycles. The zero-order valence-electron chi connectivity index (χ0n) is 20.0. The van der Waals surface area contributed by atoms with Crippen LogP contribution in [-0.4, -0.2) is 79.5 Å².